The molecule has 0 saturated heterocycles. The predicted octanol–water partition coefficient (Wildman–Crippen LogP) is 6.03. The van der Waals surface area contributed by atoms with Gasteiger partial charge in [0.25, 0.3) is 5.91 Å². The van der Waals surface area contributed by atoms with Gasteiger partial charge < -0.3 is 15.4 Å². The number of ether oxygens (including phenoxy) is 1. The maximum absolute atomic E-state index is 12.6. The number of benzene rings is 3. The Labute approximate surface area is 191 Å². The summed E-state index contributed by atoms with van der Waals surface area (Å²) in [5.41, 5.74) is 2.90. The largest absolute Gasteiger partial charge is 0.495 e. The molecule has 0 heterocycles. The van der Waals surface area contributed by atoms with Crippen molar-refractivity contribution in [3.8, 4) is 5.75 Å². The van der Waals surface area contributed by atoms with Crippen molar-refractivity contribution in [1.82, 2.24) is 0 Å². The predicted molar refractivity (Wildman–Crippen MR) is 128 cm³/mol. The standard InChI is InChI=1S/C24H23ClN2O3S/c1-15-6-4-7-17(12-15)24(29)27-18-8-5-9-20(13-18)31-16(2)23(28)26-19-10-11-22(30-3)21(25)14-19/h4-14,16H,1-3H3,(H,26,28)(H,27,29). The van der Waals surface area contributed by atoms with Crippen LogP contribution in [-0.2, 0) is 4.79 Å². The molecule has 0 radical (unpaired) electrons. The van der Waals surface area contributed by atoms with Gasteiger partial charge >= 0.3 is 0 Å². The molecule has 5 nitrogen and oxygen atoms in total. The first-order chi connectivity index (χ1) is 14.9. The molecule has 3 aromatic rings. The van der Waals surface area contributed by atoms with Crippen LogP contribution in [0.3, 0.4) is 0 Å². The molecule has 0 aliphatic heterocycles. The van der Waals surface area contributed by atoms with Gasteiger partial charge in [-0.05, 0) is 62.4 Å². The van der Waals surface area contributed by atoms with Crippen molar-refractivity contribution in [3.05, 3.63) is 82.9 Å². The SMILES string of the molecule is COc1ccc(NC(=O)C(C)Sc2cccc(NC(=O)c3cccc(C)c3)c2)cc1Cl. The van der Waals surface area contributed by atoms with Gasteiger partial charge in [0.15, 0.2) is 0 Å². The molecule has 2 N–H and O–H groups in total. The molecule has 2 amide bonds. The second-order valence-electron chi connectivity index (χ2n) is 6.95. The highest BCUT2D eigenvalue weighted by atomic mass is 35.5. The minimum absolute atomic E-state index is 0.152. The van der Waals surface area contributed by atoms with Crippen LogP contribution in [0.1, 0.15) is 22.8 Å². The molecule has 31 heavy (non-hydrogen) atoms. The summed E-state index contributed by atoms with van der Waals surface area (Å²) in [7, 11) is 1.54. The van der Waals surface area contributed by atoms with Gasteiger partial charge in [-0.25, -0.2) is 0 Å². The van der Waals surface area contributed by atoms with Crippen molar-refractivity contribution in [2.75, 3.05) is 17.7 Å². The van der Waals surface area contributed by atoms with Crippen LogP contribution in [-0.4, -0.2) is 24.2 Å². The van der Waals surface area contributed by atoms with Crippen LogP contribution in [0.25, 0.3) is 0 Å². The monoisotopic (exact) mass is 454 g/mol. The molecule has 0 fully saturated rings. The molecule has 0 bridgehead atoms. The molecule has 160 valence electrons. The zero-order chi connectivity index (χ0) is 22.4. The minimum atomic E-state index is -0.358. The molecular weight excluding hydrogens is 432 g/mol. The van der Waals surface area contributed by atoms with Crippen LogP contribution in [0.2, 0.25) is 5.02 Å². The highest BCUT2D eigenvalue weighted by molar-refractivity contribution is 8.00. The molecule has 1 unspecified atom stereocenters. The van der Waals surface area contributed by atoms with Gasteiger partial charge in [0.2, 0.25) is 5.91 Å². The van der Waals surface area contributed by atoms with Crippen molar-refractivity contribution in [2.45, 2.75) is 24.0 Å². The average molecular weight is 455 g/mol. The number of aryl methyl sites for hydroxylation is 1. The summed E-state index contributed by atoms with van der Waals surface area (Å²) in [6.45, 7) is 3.77. The fourth-order valence-electron chi connectivity index (χ4n) is 2.88. The number of thioether (sulfide) groups is 1. The van der Waals surface area contributed by atoms with E-state index in [9.17, 15) is 9.59 Å². The number of hydrogen-bond donors (Lipinski definition) is 2. The van der Waals surface area contributed by atoms with E-state index in [2.05, 4.69) is 10.6 Å². The van der Waals surface area contributed by atoms with Crippen LogP contribution in [0.4, 0.5) is 11.4 Å². The van der Waals surface area contributed by atoms with Gasteiger partial charge in [-0.3, -0.25) is 9.59 Å². The van der Waals surface area contributed by atoms with Crippen LogP contribution >= 0.6 is 23.4 Å². The first-order valence-electron chi connectivity index (χ1n) is 9.65. The van der Waals surface area contributed by atoms with Crippen molar-refractivity contribution in [2.24, 2.45) is 0 Å². The van der Waals surface area contributed by atoms with E-state index in [1.807, 2.05) is 56.3 Å². The minimum Gasteiger partial charge on any atom is -0.495 e. The summed E-state index contributed by atoms with van der Waals surface area (Å²) >= 11 is 7.52. The number of carbonyl (C=O) groups excluding carboxylic acids is 2. The van der Waals surface area contributed by atoms with Gasteiger partial charge in [0, 0.05) is 21.8 Å². The molecule has 0 spiro atoms. The summed E-state index contributed by atoms with van der Waals surface area (Å²) in [6.07, 6.45) is 0. The topological polar surface area (TPSA) is 67.4 Å². The molecule has 3 rings (SSSR count). The van der Waals surface area contributed by atoms with Gasteiger partial charge in [-0.15, -0.1) is 11.8 Å². The van der Waals surface area contributed by atoms with E-state index >= 15 is 0 Å². The van der Waals surface area contributed by atoms with E-state index in [1.165, 1.54) is 18.9 Å². The Balaban J connectivity index is 1.62. The second-order valence-corrected chi connectivity index (χ2v) is 8.77. The molecule has 0 aliphatic rings. The maximum atomic E-state index is 12.6. The molecule has 7 heteroatoms. The van der Waals surface area contributed by atoms with Crippen molar-refractivity contribution < 1.29 is 14.3 Å². The third-order valence-electron chi connectivity index (χ3n) is 4.47. The van der Waals surface area contributed by atoms with Crippen LogP contribution in [0, 0.1) is 6.92 Å². The molecule has 3 aromatic carbocycles. The summed E-state index contributed by atoms with van der Waals surface area (Å²) < 4.78 is 5.13. The van der Waals surface area contributed by atoms with Crippen LogP contribution in [0.15, 0.2) is 71.6 Å². The number of rotatable bonds is 7. The summed E-state index contributed by atoms with van der Waals surface area (Å²) in [4.78, 5) is 25.9. The lowest BCUT2D eigenvalue weighted by Gasteiger charge is -2.14. The Kier molecular flexibility index (Phi) is 7.60. The Morgan fingerprint density at radius 2 is 1.71 bits per heavy atom. The number of amides is 2. The quantitative estimate of drug-likeness (QED) is 0.428. The number of nitrogens with one attached hydrogen (secondary N) is 2. The summed E-state index contributed by atoms with van der Waals surface area (Å²) in [5.74, 6) is 0.222. The van der Waals surface area contributed by atoms with Crippen molar-refractivity contribution in [1.29, 1.82) is 0 Å². The Morgan fingerprint density at radius 3 is 2.42 bits per heavy atom. The van der Waals surface area contributed by atoms with E-state index < -0.39 is 0 Å². The highest BCUT2D eigenvalue weighted by Gasteiger charge is 2.16. The second kappa shape index (κ2) is 10.4. The molecule has 0 aliphatic carbocycles. The highest BCUT2D eigenvalue weighted by Crippen LogP contribution is 2.29. The smallest absolute Gasteiger partial charge is 0.255 e. The van der Waals surface area contributed by atoms with Gasteiger partial charge in [-0.2, -0.15) is 0 Å². The summed E-state index contributed by atoms with van der Waals surface area (Å²) in [5, 5.41) is 5.83. The van der Waals surface area contributed by atoms with Crippen LogP contribution in [0.5, 0.6) is 5.75 Å². The zero-order valence-electron chi connectivity index (χ0n) is 17.4. The summed E-state index contributed by atoms with van der Waals surface area (Å²) in [6, 6.07) is 19.9. The Morgan fingerprint density at radius 1 is 0.968 bits per heavy atom. The lowest BCUT2D eigenvalue weighted by molar-refractivity contribution is -0.115. The van der Waals surface area contributed by atoms with E-state index in [4.69, 9.17) is 16.3 Å². The Bertz CT molecular complexity index is 1100. The average Bonchev–Trinajstić information content (AvgIpc) is 2.74. The number of halogens is 1. The van der Waals surface area contributed by atoms with E-state index in [-0.39, 0.29) is 17.1 Å². The number of carbonyl (C=O) groups is 2. The maximum Gasteiger partial charge on any atom is 0.255 e. The molecular formula is C24H23ClN2O3S. The van der Waals surface area contributed by atoms with E-state index in [1.54, 1.807) is 24.3 Å². The van der Waals surface area contributed by atoms with E-state index in [0.717, 1.165) is 10.5 Å². The normalized spacial score (nSPS) is 11.5. The van der Waals surface area contributed by atoms with Crippen molar-refractivity contribution >= 4 is 46.6 Å². The van der Waals surface area contributed by atoms with Crippen molar-refractivity contribution in [3.63, 3.8) is 0 Å². The van der Waals surface area contributed by atoms with Gasteiger partial charge in [-0.1, -0.05) is 35.4 Å². The third kappa shape index (κ3) is 6.26. The fourth-order valence-corrected chi connectivity index (χ4v) is 4.07. The van der Waals surface area contributed by atoms with Crippen LogP contribution < -0.4 is 15.4 Å². The third-order valence-corrected chi connectivity index (χ3v) is 5.86. The fraction of sp³-hybridized carbons (Fsp3) is 0.167. The lowest BCUT2D eigenvalue weighted by Crippen LogP contribution is -2.22. The number of anilines is 2. The zero-order valence-corrected chi connectivity index (χ0v) is 19.0. The van der Waals surface area contributed by atoms with E-state index in [0.29, 0.717) is 27.7 Å². The van der Waals surface area contributed by atoms with Gasteiger partial charge in [0.05, 0.1) is 17.4 Å². The number of hydrogen-bond acceptors (Lipinski definition) is 4. The first kappa shape index (κ1) is 22.7. The molecule has 0 saturated carbocycles. The first-order valence-corrected chi connectivity index (χ1v) is 10.9. The lowest BCUT2D eigenvalue weighted by atomic mass is 10.1. The Hall–Kier alpha value is -2.96. The molecule has 0 aromatic heterocycles. The van der Waals surface area contributed by atoms with Gasteiger partial charge in [0.1, 0.15) is 5.75 Å². The molecule has 1 atom stereocenters. The number of methoxy groups -OCH3 is 1.